The third kappa shape index (κ3) is 4.54. The van der Waals surface area contributed by atoms with Gasteiger partial charge in [-0.25, -0.2) is 0 Å². The van der Waals surface area contributed by atoms with Crippen LogP contribution in [0.5, 0.6) is 0 Å². The number of ether oxygens (including phenoxy) is 1. The Kier molecular flexibility index (Phi) is 6.46. The maximum Gasteiger partial charge on any atom is 0.237 e. The predicted octanol–water partition coefficient (Wildman–Crippen LogP) is 4.75. The highest BCUT2D eigenvalue weighted by Crippen LogP contribution is 2.31. The molecule has 0 spiro atoms. The summed E-state index contributed by atoms with van der Waals surface area (Å²) in [6.07, 6.45) is 4.20. The quantitative estimate of drug-likeness (QED) is 0.383. The van der Waals surface area contributed by atoms with Crippen LogP contribution in [-0.4, -0.2) is 50.7 Å². The van der Waals surface area contributed by atoms with Gasteiger partial charge in [-0.05, 0) is 38.0 Å². The van der Waals surface area contributed by atoms with Crippen molar-refractivity contribution in [2.24, 2.45) is 0 Å². The van der Waals surface area contributed by atoms with Gasteiger partial charge in [0.1, 0.15) is 0 Å². The second-order valence-corrected chi connectivity index (χ2v) is 9.00. The van der Waals surface area contributed by atoms with Crippen molar-refractivity contribution in [3.05, 3.63) is 60.8 Å². The van der Waals surface area contributed by atoms with Crippen LogP contribution in [0.3, 0.4) is 0 Å². The van der Waals surface area contributed by atoms with Crippen LogP contribution in [0.25, 0.3) is 22.3 Å². The fourth-order valence-corrected chi connectivity index (χ4v) is 5.15. The Morgan fingerprint density at radius 1 is 1.18 bits per heavy atom. The van der Waals surface area contributed by atoms with Crippen molar-refractivity contribution in [1.29, 1.82) is 0 Å². The van der Waals surface area contributed by atoms with Crippen LogP contribution in [0.15, 0.2) is 66.0 Å². The monoisotopic (exact) mass is 461 g/mol. The van der Waals surface area contributed by atoms with E-state index in [0.717, 1.165) is 52.6 Å². The molecular weight excluding hydrogens is 434 g/mol. The number of benzene rings is 2. The van der Waals surface area contributed by atoms with Gasteiger partial charge in [0, 0.05) is 41.5 Å². The maximum atomic E-state index is 13.0. The van der Waals surface area contributed by atoms with E-state index in [1.165, 1.54) is 11.8 Å². The lowest BCUT2D eigenvalue weighted by molar-refractivity contribution is -0.116. The molecule has 5 rings (SSSR count). The summed E-state index contributed by atoms with van der Waals surface area (Å²) >= 11 is 1.43. The molecule has 33 heavy (non-hydrogen) atoms. The molecule has 2 aromatic heterocycles. The van der Waals surface area contributed by atoms with Gasteiger partial charge in [-0.1, -0.05) is 48.2 Å². The van der Waals surface area contributed by atoms with Crippen molar-refractivity contribution in [3.8, 4) is 11.4 Å². The summed E-state index contributed by atoms with van der Waals surface area (Å²) < 4.78 is 8.02. The average molecular weight is 462 g/mol. The van der Waals surface area contributed by atoms with Crippen LogP contribution in [-0.2, 0) is 16.1 Å². The van der Waals surface area contributed by atoms with Crippen LogP contribution in [0, 0.1) is 0 Å². The molecule has 2 aromatic carbocycles. The third-order valence-electron chi connectivity index (χ3n) is 5.97. The molecule has 4 aromatic rings. The van der Waals surface area contributed by atoms with Crippen molar-refractivity contribution >= 4 is 34.3 Å². The van der Waals surface area contributed by atoms with Gasteiger partial charge in [-0.15, -0.1) is 10.2 Å². The number of anilines is 1. The SMILES string of the molecule is CCN(C(=O)CSc1nnc(-c2c[nH]c3ccccc23)n1CC1CCCO1)c1ccccc1. The van der Waals surface area contributed by atoms with Crippen LogP contribution >= 0.6 is 11.8 Å². The fraction of sp³-hybridized carbons (Fsp3) is 0.320. The number of nitrogens with one attached hydrogen (secondary N) is 1. The van der Waals surface area contributed by atoms with Gasteiger partial charge in [0.25, 0.3) is 0 Å². The number of rotatable bonds is 8. The smallest absolute Gasteiger partial charge is 0.237 e. The summed E-state index contributed by atoms with van der Waals surface area (Å²) in [7, 11) is 0. The molecule has 1 atom stereocenters. The Labute approximate surface area is 197 Å². The molecular formula is C25H27N5O2S. The van der Waals surface area contributed by atoms with Crippen molar-refractivity contribution in [3.63, 3.8) is 0 Å². The van der Waals surface area contributed by atoms with E-state index in [0.29, 0.717) is 18.8 Å². The van der Waals surface area contributed by atoms with Gasteiger partial charge in [-0.3, -0.25) is 9.36 Å². The van der Waals surface area contributed by atoms with E-state index in [1.54, 1.807) is 4.90 Å². The summed E-state index contributed by atoms with van der Waals surface area (Å²) in [4.78, 5) is 18.2. The zero-order chi connectivity index (χ0) is 22.6. The molecule has 1 fully saturated rings. The van der Waals surface area contributed by atoms with Gasteiger partial charge >= 0.3 is 0 Å². The first-order chi connectivity index (χ1) is 16.2. The molecule has 0 bridgehead atoms. The minimum atomic E-state index is 0.0500. The van der Waals surface area contributed by atoms with Gasteiger partial charge in [-0.2, -0.15) is 0 Å². The number of fused-ring (bicyclic) bond motifs is 1. The largest absolute Gasteiger partial charge is 0.376 e. The number of amides is 1. The summed E-state index contributed by atoms with van der Waals surface area (Å²) in [5, 5.41) is 10.9. The molecule has 1 amide bonds. The molecule has 8 heteroatoms. The van der Waals surface area contributed by atoms with Crippen molar-refractivity contribution < 1.29 is 9.53 Å². The minimum absolute atomic E-state index is 0.0500. The number of hydrogen-bond acceptors (Lipinski definition) is 5. The lowest BCUT2D eigenvalue weighted by Crippen LogP contribution is -2.32. The Morgan fingerprint density at radius 2 is 2.00 bits per heavy atom. The Morgan fingerprint density at radius 3 is 2.79 bits per heavy atom. The molecule has 1 N–H and O–H groups in total. The fourth-order valence-electron chi connectivity index (χ4n) is 4.32. The van der Waals surface area contributed by atoms with Crippen LogP contribution in [0.1, 0.15) is 19.8 Å². The number of carbonyl (C=O) groups excluding carboxylic acids is 1. The van der Waals surface area contributed by atoms with Crippen LogP contribution in [0.2, 0.25) is 0 Å². The lowest BCUT2D eigenvalue weighted by Gasteiger charge is -2.21. The van der Waals surface area contributed by atoms with E-state index in [9.17, 15) is 4.79 Å². The summed E-state index contributed by atoms with van der Waals surface area (Å²) in [6.45, 7) is 4.07. The number of thioether (sulfide) groups is 1. The number of carbonyl (C=O) groups is 1. The number of para-hydroxylation sites is 2. The second-order valence-electron chi connectivity index (χ2n) is 8.06. The standard InChI is InChI=1S/C25H27N5O2S/c1-2-29(18-9-4-3-5-10-18)23(31)17-33-25-28-27-24(30(25)16-19-11-8-14-32-19)21-15-26-22-13-7-6-12-20(21)22/h3-7,9-10,12-13,15,19,26H,2,8,11,14,16-17H2,1H3. The van der Waals surface area contributed by atoms with Crippen LogP contribution in [0.4, 0.5) is 5.69 Å². The Hall–Kier alpha value is -3.10. The molecule has 0 aliphatic carbocycles. The predicted molar refractivity (Wildman–Crippen MR) is 131 cm³/mol. The normalized spacial score (nSPS) is 15.8. The number of aromatic amines is 1. The molecule has 7 nitrogen and oxygen atoms in total. The highest BCUT2D eigenvalue weighted by Gasteiger charge is 2.24. The molecule has 0 saturated carbocycles. The Balaban J connectivity index is 1.41. The number of hydrogen-bond donors (Lipinski definition) is 1. The topological polar surface area (TPSA) is 76.0 Å². The molecule has 1 aliphatic rings. The summed E-state index contributed by atoms with van der Waals surface area (Å²) in [6, 6.07) is 17.9. The first kappa shape index (κ1) is 21.7. The molecule has 3 heterocycles. The van der Waals surface area contributed by atoms with Crippen molar-refractivity contribution in [2.75, 3.05) is 23.8 Å². The van der Waals surface area contributed by atoms with Gasteiger partial charge in [0.15, 0.2) is 11.0 Å². The molecule has 1 saturated heterocycles. The third-order valence-corrected chi connectivity index (χ3v) is 6.92. The van der Waals surface area contributed by atoms with Gasteiger partial charge < -0.3 is 14.6 Å². The summed E-state index contributed by atoms with van der Waals surface area (Å²) in [5.41, 5.74) is 2.98. The lowest BCUT2D eigenvalue weighted by atomic mass is 10.1. The first-order valence-corrected chi connectivity index (χ1v) is 12.3. The van der Waals surface area contributed by atoms with Crippen molar-refractivity contribution in [2.45, 2.75) is 37.6 Å². The Bertz CT molecular complexity index is 1230. The molecule has 1 aliphatic heterocycles. The number of aromatic nitrogens is 4. The number of H-pyrrole nitrogens is 1. The van der Waals surface area contributed by atoms with E-state index in [4.69, 9.17) is 4.74 Å². The summed E-state index contributed by atoms with van der Waals surface area (Å²) in [5.74, 6) is 1.14. The first-order valence-electron chi connectivity index (χ1n) is 11.3. The van der Waals surface area contributed by atoms with Crippen LogP contribution < -0.4 is 4.90 Å². The molecule has 0 radical (unpaired) electrons. The van der Waals surface area contributed by atoms with E-state index in [-0.39, 0.29) is 12.0 Å². The number of nitrogens with zero attached hydrogens (tertiary/aromatic N) is 4. The molecule has 1 unspecified atom stereocenters. The van der Waals surface area contributed by atoms with E-state index >= 15 is 0 Å². The second kappa shape index (κ2) is 9.80. The van der Waals surface area contributed by atoms with E-state index in [1.807, 2.05) is 55.6 Å². The highest BCUT2D eigenvalue weighted by atomic mass is 32.2. The van der Waals surface area contributed by atoms with Crippen molar-refractivity contribution in [1.82, 2.24) is 19.7 Å². The van der Waals surface area contributed by atoms with E-state index in [2.05, 4.69) is 31.9 Å². The van der Waals surface area contributed by atoms with Gasteiger partial charge in [0.2, 0.25) is 5.91 Å². The zero-order valence-corrected chi connectivity index (χ0v) is 19.4. The van der Waals surface area contributed by atoms with Gasteiger partial charge in [0.05, 0.1) is 18.4 Å². The molecule has 170 valence electrons. The highest BCUT2D eigenvalue weighted by molar-refractivity contribution is 7.99. The van der Waals surface area contributed by atoms with E-state index < -0.39 is 0 Å². The minimum Gasteiger partial charge on any atom is -0.376 e. The average Bonchev–Trinajstić information content (AvgIpc) is 3.59. The maximum absolute atomic E-state index is 13.0. The zero-order valence-electron chi connectivity index (χ0n) is 18.6.